The van der Waals surface area contributed by atoms with Crippen LogP contribution in [0.15, 0.2) is 0 Å². The SMILES string of the molecule is COC(=O)CCc1sc(C2CCC2)nc1C. The minimum atomic E-state index is -0.141. The van der Waals surface area contributed by atoms with Crippen molar-refractivity contribution in [2.45, 2.75) is 44.9 Å². The normalized spacial score (nSPS) is 15.9. The highest BCUT2D eigenvalue weighted by atomic mass is 32.1. The third-order valence-electron chi connectivity index (χ3n) is 3.15. The van der Waals surface area contributed by atoms with Gasteiger partial charge in [-0.25, -0.2) is 4.98 Å². The Hall–Kier alpha value is -0.900. The predicted molar refractivity (Wildman–Crippen MR) is 63.8 cm³/mol. The number of rotatable bonds is 4. The highest BCUT2D eigenvalue weighted by Gasteiger charge is 2.23. The second-order valence-electron chi connectivity index (χ2n) is 4.26. The van der Waals surface area contributed by atoms with E-state index in [0.717, 1.165) is 12.1 Å². The number of esters is 1. The van der Waals surface area contributed by atoms with E-state index in [4.69, 9.17) is 0 Å². The number of hydrogen-bond acceptors (Lipinski definition) is 4. The third kappa shape index (κ3) is 2.43. The molecule has 0 unspecified atom stereocenters. The molecule has 1 fully saturated rings. The Kier molecular flexibility index (Phi) is 3.59. The van der Waals surface area contributed by atoms with Gasteiger partial charge in [-0.15, -0.1) is 11.3 Å². The first-order chi connectivity index (χ1) is 7.70. The fourth-order valence-corrected chi connectivity index (χ4v) is 3.06. The Balaban J connectivity index is 1.98. The highest BCUT2D eigenvalue weighted by Crippen LogP contribution is 2.39. The average molecular weight is 239 g/mol. The molecule has 1 aromatic rings. The summed E-state index contributed by atoms with van der Waals surface area (Å²) in [7, 11) is 1.43. The molecule has 1 heterocycles. The summed E-state index contributed by atoms with van der Waals surface area (Å²) in [6, 6.07) is 0. The number of ether oxygens (including phenoxy) is 1. The van der Waals surface area contributed by atoms with Crippen molar-refractivity contribution in [1.82, 2.24) is 4.98 Å². The Morgan fingerprint density at radius 3 is 2.88 bits per heavy atom. The van der Waals surface area contributed by atoms with Gasteiger partial charge in [0.25, 0.3) is 0 Å². The van der Waals surface area contributed by atoms with Gasteiger partial charge in [-0.05, 0) is 26.2 Å². The molecule has 1 aliphatic carbocycles. The van der Waals surface area contributed by atoms with Gasteiger partial charge in [-0.1, -0.05) is 6.42 Å². The molecule has 0 atom stereocenters. The first-order valence-electron chi connectivity index (χ1n) is 5.73. The standard InChI is InChI=1S/C12H17NO2S/c1-8-10(6-7-11(14)15-2)16-12(13-8)9-4-3-5-9/h9H,3-7H2,1-2H3. The van der Waals surface area contributed by atoms with Gasteiger partial charge in [0.2, 0.25) is 0 Å². The van der Waals surface area contributed by atoms with Crippen molar-refractivity contribution in [1.29, 1.82) is 0 Å². The zero-order valence-corrected chi connectivity index (χ0v) is 10.6. The van der Waals surface area contributed by atoms with Crippen LogP contribution in [0.3, 0.4) is 0 Å². The molecule has 0 N–H and O–H groups in total. The van der Waals surface area contributed by atoms with Crippen LogP contribution in [0.2, 0.25) is 0 Å². The maximum atomic E-state index is 11.1. The van der Waals surface area contributed by atoms with Gasteiger partial charge in [0.1, 0.15) is 0 Å². The number of carbonyl (C=O) groups excluding carboxylic acids is 1. The lowest BCUT2D eigenvalue weighted by Crippen LogP contribution is -2.07. The number of thiazole rings is 1. The smallest absolute Gasteiger partial charge is 0.305 e. The lowest BCUT2D eigenvalue weighted by molar-refractivity contribution is -0.140. The summed E-state index contributed by atoms with van der Waals surface area (Å²) in [6.45, 7) is 2.03. The Morgan fingerprint density at radius 2 is 2.31 bits per heavy atom. The highest BCUT2D eigenvalue weighted by molar-refractivity contribution is 7.11. The second kappa shape index (κ2) is 4.95. The molecule has 1 aliphatic rings. The van der Waals surface area contributed by atoms with Crippen molar-refractivity contribution in [2.24, 2.45) is 0 Å². The van der Waals surface area contributed by atoms with Gasteiger partial charge in [-0.3, -0.25) is 4.79 Å². The van der Waals surface area contributed by atoms with Crippen molar-refractivity contribution >= 4 is 17.3 Å². The van der Waals surface area contributed by atoms with E-state index in [0.29, 0.717) is 12.3 Å². The second-order valence-corrected chi connectivity index (χ2v) is 5.38. The fraction of sp³-hybridized carbons (Fsp3) is 0.667. The minimum Gasteiger partial charge on any atom is -0.469 e. The van der Waals surface area contributed by atoms with E-state index in [1.807, 2.05) is 6.92 Å². The van der Waals surface area contributed by atoms with Crippen molar-refractivity contribution in [3.05, 3.63) is 15.6 Å². The van der Waals surface area contributed by atoms with Crippen molar-refractivity contribution in [3.63, 3.8) is 0 Å². The monoisotopic (exact) mass is 239 g/mol. The fourth-order valence-electron chi connectivity index (χ4n) is 1.83. The van der Waals surface area contributed by atoms with Crippen molar-refractivity contribution in [3.8, 4) is 0 Å². The molecule has 0 amide bonds. The summed E-state index contributed by atoms with van der Waals surface area (Å²) < 4.78 is 4.64. The van der Waals surface area contributed by atoms with E-state index < -0.39 is 0 Å². The van der Waals surface area contributed by atoms with Crippen LogP contribution in [0, 0.1) is 6.92 Å². The maximum Gasteiger partial charge on any atom is 0.305 e. The van der Waals surface area contributed by atoms with E-state index in [1.54, 1.807) is 11.3 Å². The Labute approximate surface area is 99.8 Å². The molecule has 0 aromatic carbocycles. The van der Waals surface area contributed by atoms with Gasteiger partial charge in [0, 0.05) is 10.8 Å². The van der Waals surface area contributed by atoms with Crippen LogP contribution in [0.1, 0.15) is 47.2 Å². The van der Waals surface area contributed by atoms with Gasteiger partial charge in [0.15, 0.2) is 0 Å². The summed E-state index contributed by atoms with van der Waals surface area (Å²) in [5, 5.41) is 1.27. The van der Waals surface area contributed by atoms with Crippen LogP contribution in [-0.2, 0) is 16.0 Å². The lowest BCUT2D eigenvalue weighted by atomic mass is 9.86. The molecule has 2 rings (SSSR count). The summed E-state index contributed by atoms with van der Waals surface area (Å²) in [5.41, 5.74) is 1.09. The van der Waals surface area contributed by atoms with E-state index in [9.17, 15) is 4.79 Å². The summed E-state index contributed by atoms with van der Waals surface area (Å²) in [5.74, 6) is 0.550. The number of methoxy groups -OCH3 is 1. The van der Waals surface area contributed by atoms with E-state index >= 15 is 0 Å². The molecule has 4 heteroatoms. The number of carbonyl (C=O) groups is 1. The molecule has 0 saturated heterocycles. The van der Waals surface area contributed by atoms with Gasteiger partial charge >= 0.3 is 5.97 Å². The topological polar surface area (TPSA) is 39.2 Å². The van der Waals surface area contributed by atoms with Gasteiger partial charge in [-0.2, -0.15) is 0 Å². The van der Waals surface area contributed by atoms with Crippen LogP contribution in [0.4, 0.5) is 0 Å². The molecule has 0 spiro atoms. The van der Waals surface area contributed by atoms with Crippen LogP contribution < -0.4 is 0 Å². The zero-order chi connectivity index (χ0) is 11.5. The van der Waals surface area contributed by atoms with E-state index in [1.165, 1.54) is 36.3 Å². The van der Waals surface area contributed by atoms with Gasteiger partial charge < -0.3 is 4.74 Å². The Morgan fingerprint density at radius 1 is 1.56 bits per heavy atom. The van der Waals surface area contributed by atoms with E-state index in [2.05, 4.69) is 9.72 Å². The van der Waals surface area contributed by atoms with Crippen LogP contribution in [0.5, 0.6) is 0 Å². The van der Waals surface area contributed by atoms with E-state index in [-0.39, 0.29) is 5.97 Å². The molecule has 0 radical (unpaired) electrons. The molecule has 88 valence electrons. The first kappa shape index (κ1) is 11.6. The lowest BCUT2D eigenvalue weighted by Gasteiger charge is -2.22. The third-order valence-corrected chi connectivity index (χ3v) is 4.53. The summed E-state index contributed by atoms with van der Waals surface area (Å²) in [4.78, 5) is 16.9. The molecule has 1 aromatic heterocycles. The van der Waals surface area contributed by atoms with Gasteiger partial charge in [0.05, 0.1) is 24.2 Å². The van der Waals surface area contributed by atoms with Crippen molar-refractivity contribution in [2.75, 3.05) is 7.11 Å². The zero-order valence-electron chi connectivity index (χ0n) is 9.78. The van der Waals surface area contributed by atoms with Crippen LogP contribution in [-0.4, -0.2) is 18.1 Å². The maximum absolute atomic E-state index is 11.1. The van der Waals surface area contributed by atoms with Crippen LogP contribution >= 0.6 is 11.3 Å². The summed E-state index contributed by atoms with van der Waals surface area (Å²) in [6.07, 6.45) is 5.13. The number of nitrogens with zero attached hydrogens (tertiary/aromatic N) is 1. The number of hydrogen-bond donors (Lipinski definition) is 0. The molecule has 1 saturated carbocycles. The average Bonchev–Trinajstić information content (AvgIpc) is 2.53. The summed E-state index contributed by atoms with van der Waals surface area (Å²) >= 11 is 1.78. The number of aromatic nitrogens is 1. The molecular formula is C12H17NO2S. The predicted octanol–water partition coefficient (Wildman–Crippen LogP) is 2.82. The largest absolute Gasteiger partial charge is 0.469 e. The molecule has 3 nitrogen and oxygen atoms in total. The minimum absolute atomic E-state index is 0.141. The first-order valence-corrected chi connectivity index (χ1v) is 6.55. The number of aryl methyl sites for hydroxylation is 2. The van der Waals surface area contributed by atoms with Crippen LogP contribution in [0.25, 0.3) is 0 Å². The molecule has 0 aliphatic heterocycles. The Bertz CT molecular complexity index is 382. The molecular weight excluding hydrogens is 222 g/mol. The van der Waals surface area contributed by atoms with Crippen molar-refractivity contribution < 1.29 is 9.53 Å². The molecule has 0 bridgehead atoms. The quantitative estimate of drug-likeness (QED) is 0.758. The molecule has 16 heavy (non-hydrogen) atoms.